The van der Waals surface area contributed by atoms with E-state index in [9.17, 15) is 9.59 Å². The Labute approximate surface area is 160 Å². The third-order valence-electron chi connectivity index (χ3n) is 4.27. The number of carbonyl (C=O) groups is 2. The van der Waals surface area contributed by atoms with E-state index in [0.29, 0.717) is 41.5 Å². The molecule has 0 spiro atoms. The maximum atomic E-state index is 12.3. The summed E-state index contributed by atoms with van der Waals surface area (Å²) in [5.74, 6) is -0.433. The van der Waals surface area contributed by atoms with Crippen LogP contribution in [0.5, 0.6) is 0 Å². The van der Waals surface area contributed by atoms with Crippen LogP contribution in [0.3, 0.4) is 0 Å². The molecule has 4 nitrogen and oxygen atoms in total. The third kappa shape index (κ3) is 4.35. The number of esters is 1. The van der Waals surface area contributed by atoms with Gasteiger partial charge < -0.3 is 9.64 Å². The van der Waals surface area contributed by atoms with Crippen molar-refractivity contribution in [1.82, 2.24) is 4.90 Å². The summed E-state index contributed by atoms with van der Waals surface area (Å²) < 4.78 is 5.39. The highest BCUT2D eigenvalue weighted by molar-refractivity contribution is 7.12. The van der Waals surface area contributed by atoms with Crippen LogP contribution in [0, 0.1) is 5.92 Å². The minimum atomic E-state index is -0.265. The second kappa shape index (κ2) is 8.21. The average Bonchev–Trinajstić information content (AvgIpc) is 3.15. The molecule has 0 N–H and O–H groups in total. The molecule has 3 rings (SSSR count). The van der Waals surface area contributed by atoms with Gasteiger partial charge in [0.25, 0.3) is 5.91 Å². The monoisotopic (exact) mass is 397 g/mol. The molecule has 7 heteroatoms. The summed E-state index contributed by atoms with van der Waals surface area (Å²) in [6, 6.07) is 8.86. The molecule has 2 heterocycles. The van der Waals surface area contributed by atoms with Gasteiger partial charge in [0, 0.05) is 28.7 Å². The molecule has 0 bridgehead atoms. The smallest absolute Gasteiger partial charge is 0.309 e. The van der Waals surface area contributed by atoms with Crippen LogP contribution in [-0.4, -0.2) is 29.9 Å². The van der Waals surface area contributed by atoms with Crippen LogP contribution in [-0.2, 0) is 16.1 Å². The van der Waals surface area contributed by atoms with Crippen molar-refractivity contribution in [2.45, 2.75) is 19.4 Å². The summed E-state index contributed by atoms with van der Waals surface area (Å²) in [7, 11) is 0. The Balaban J connectivity index is 1.51. The van der Waals surface area contributed by atoms with E-state index < -0.39 is 0 Å². The van der Waals surface area contributed by atoms with Crippen molar-refractivity contribution in [3.8, 4) is 0 Å². The number of hydrogen-bond donors (Lipinski definition) is 0. The lowest BCUT2D eigenvalue weighted by molar-refractivity contribution is -0.151. The molecule has 1 aliphatic heterocycles. The lowest BCUT2D eigenvalue weighted by Gasteiger charge is -2.30. The first-order chi connectivity index (χ1) is 12.1. The Bertz CT molecular complexity index is 735. The van der Waals surface area contributed by atoms with Crippen LogP contribution in [0.1, 0.15) is 28.1 Å². The Hall–Kier alpha value is -1.56. The zero-order valence-corrected chi connectivity index (χ0v) is 15.7. The van der Waals surface area contributed by atoms with Gasteiger partial charge in [-0.2, -0.15) is 0 Å². The summed E-state index contributed by atoms with van der Waals surface area (Å²) in [6.07, 6.45) is 1.21. The molecule has 1 saturated heterocycles. The maximum Gasteiger partial charge on any atom is 0.309 e. The molecule has 1 aromatic carbocycles. The minimum Gasteiger partial charge on any atom is -0.460 e. The molecule has 2 aromatic rings. The molecular weight excluding hydrogens is 381 g/mol. The molecule has 0 aliphatic carbocycles. The van der Waals surface area contributed by atoms with Crippen LogP contribution in [0.25, 0.3) is 0 Å². The van der Waals surface area contributed by atoms with Crippen molar-refractivity contribution in [3.05, 3.63) is 56.2 Å². The quantitative estimate of drug-likeness (QED) is 0.705. The molecule has 132 valence electrons. The van der Waals surface area contributed by atoms with E-state index in [2.05, 4.69) is 0 Å². The van der Waals surface area contributed by atoms with E-state index in [-0.39, 0.29) is 24.4 Å². The number of nitrogens with zero attached hydrogens (tertiary/aromatic N) is 1. The maximum absolute atomic E-state index is 12.3. The normalized spacial score (nSPS) is 15.2. The molecule has 1 fully saturated rings. The highest BCUT2D eigenvalue weighted by atomic mass is 35.5. The Morgan fingerprint density at radius 2 is 1.80 bits per heavy atom. The second-order valence-corrected chi connectivity index (χ2v) is 7.61. The first kappa shape index (κ1) is 18.2. The molecule has 1 aliphatic rings. The summed E-state index contributed by atoms with van der Waals surface area (Å²) in [4.78, 5) is 27.1. The fourth-order valence-corrected chi connectivity index (χ4v) is 4.00. The van der Waals surface area contributed by atoms with E-state index in [1.807, 2.05) is 17.5 Å². The van der Waals surface area contributed by atoms with Crippen molar-refractivity contribution in [2.75, 3.05) is 13.1 Å². The second-order valence-electron chi connectivity index (χ2n) is 5.85. The van der Waals surface area contributed by atoms with Gasteiger partial charge >= 0.3 is 5.97 Å². The van der Waals surface area contributed by atoms with E-state index >= 15 is 0 Å². The Morgan fingerprint density at radius 1 is 1.12 bits per heavy atom. The van der Waals surface area contributed by atoms with Crippen LogP contribution >= 0.6 is 34.5 Å². The Morgan fingerprint density at radius 3 is 2.40 bits per heavy atom. The molecule has 1 amide bonds. The van der Waals surface area contributed by atoms with Crippen molar-refractivity contribution in [1.29, 1.82) is 0 Å². The third-order valence-corrected chi connectivity index (χ3v) is 5.83. The van der Waals surface area contributed by atoms with Gasteiger partial charge in [-0.05, 0) is 36.4 Å². The number of hydrogen-bond acceptors (Lipinski definition) is 4. The number of ether oxygens (including phenoxy) is 1. The van der Waals surface area contributed by atoms with E-state index in [0.717, 1.165) is 4.88 Å². The van der Waals surface area contributed by atoms with E-state index in [1.165, 1.54) is 11.3 Å². The molecule has 0 radical (unpaired) electrons. The number of thiophene rings is 1. The van der Waals surface area contributed by atoms with Gasteiger partial charge in [-0.1, -0.05) is 35.3 Å². The van der Waals surface area contributed by atoms with Gasteiger partial charge in [-0.3, -0.25) is 9.59 Å². The number of rotatable bonds is 4. The fraction of sp³-hybridized carbons (Fsp3) is 0.333. The first-order valence-electron chi connectivity index (χ1n) is 7.98. The lowest BCUT2D eigenvalue weighted by Crippen LogP contribution is -2.40. The largest absolute Gasteiger partial charge is 0.460 e. The number of halogens is 2. The zero-order chi connectivity index (χ0) is 17.8. The predicted octanol–water partition coefficient (Wildman–Crippen LogP) is 4.65. The number of benzene rings is 1. The molecule has 1 aromatic heterocycles. The summed E-state index contributed by atoms with van der Waals surface area (Å²) in [5, 5.41) is 2.85. The summed E-state index contributed by atoms with van der Waals surface area (Å²) in [6.45, 7) is 1.18. The van der Waals surface area contributed by atoms with E-state index in [4.69, 9.17) is 27.9 Å². The van der Waals surface area contributed by atoms with Crippen LogP contribution in [0.15, 0.2) is 35.7 Å². The van der Waals surface area contributed by atoms with Crippen molar-refractivity contribution in [3.63, 3.8) is 0 Å². The molecular formula is C18H17Cl2NO3S. The van der Waals surface area contributed by atoms with Crippen molar-refractivity contribution >= 4 is 46.4 Å². The first-order valence-corrected chi connectivity index (χ1v) is 9.62. The van der Waals surface area contributed by atoms with Gasteiger partial charge in [0.1, 0.15) is 6.61 Å². The van der Waals surface area contributed by atoms with E-state index in [1.54, 1.807) is 23.1 Å². The predicted molar refractivity (Wildman–Crippen MR) is 99.2 cm³/mol. The number of likely N-dealkylation sites (tertiary alicyclic amines) is 1. The lowest BCUT2D eigenvalue weighted by atomic mass is 9.97. The van der Waals surface area contributed by atoms with Gasteiger partial charge in [-0.25, -0.2) is 0 Å². The minimum absolute atomic E-state index is 0.0321. The molecule has 25 heavy (non-hydrogen) atoms. The van der Waals surface area contributed by atoms with Crippen LogP contribution < -0.4 is 0 Å². The van der Waals surface area contributed by atoms with Gasteiger partial charge in [0.15, 0.2) is 0 Å². The summed E-state index contributed by atoms with van der Waals surface area (Å²) in [5.41, 5.74) is 0.615. The SMILES string of the molecule is O=C(OCc1c(Cl)cccc1Cl)C1CCN(C(=O)c2cccs2)CC1. The number of amides is 1. The highest BCUT2D eigenvalue weighted by Gasteiger charge is 2.29. The Kier molecular flexibility index (Phi) is 5.99. The highest BCUT2D eigenvalue weighted by Crippen LogP contribution is 2.26. The molecule has 0 atom stereocenters. The number of piperidine rings is 1. The summed E-state index contributed by atoms with van der Waals surface area (Å²) >= 11 is 13.6. The van der Waals surface area contributed by atoms with Crippen LogP contribution in [0.2, 0.25) is 10.0 Å². The van der Waals surface area contributed by atoms with Gasteiger partial charge in [0.2, 0.25) is 0 Å². The van der Waals surface area contributed by atoms with Gasteiger partial charge in [0.05, 0.1) is 10.8 Å². The standard InChI is InChI=1S/C18H17Cl2NO3S/c19-14-3-1-4-15(20)13(14)11-24-18(23)12-6-8-21(9-7-12)17(22)16-5-2-10-25-16/h1-5,10,12H,6-9,11H2. The van der Waals surface area contributed by atoms with Crippen molar-refractivity contribution in [2.24, 2.45) is 5.92 Å². The number of carbonyl (C=O) groups excluding carboxylic acids is 2. The average molecular weight is 398 g/mol. The van der Waals surface area contributed by atoms with Crippen molar-refractivity contribution < 1.29 is 14.3 Å². The fourth-order valence-electron chi connectivity index (χ4n) is 2.81. The van der Waals surface area contributed by atoms with Gasteiger partial charge in [-0.15, -0.1) is 11.3 Å². The molecule has 0 saturated carbocycles. The van der Waals surface area contributed by atoms with Crippen LogP contribution in [0.4, 0.5) is 0 Å². The zero-order valence-electron chi connectivity index (χ0n) is 13.4. The topological polar surface area (TPSA) is 46.6 Å². The molecule has 0 unspecified atom stereocenters.